The molecular formula is C24H44. The summed E-state index contributed by atoms with van der Waals surface area (Å²) in [7, 11) is 0. The van der Waals surface area contributed by atoms with Gasteiger partial charge in [-0.15, -0.1) is 0 Å². The van der Waals surface area contributed by atoms with Crippen LogP contribution < -0.4 is 0 Å². The molecule has 0 nitrogen and oxygen atoms in total. The largest absolute Gasteiger partial charge is 0.0988 e. The Morgan fingerprint density at radius 2 is 1.29 bits per heavy atom. The van der Waals surface area contributed by atoms with E-state index in [9.17, 15) is 0 Å². The first kappa shape index (κ1) is 30.3. The summed E-state index contributed by atoms with van der Waals surface area (Å²) in [4.78, 5) is 0. The van der Waals surface area contributed by atoms with E-state index in [1.165, 1.54) is 22.3 Å². The standard InChI is InChI=1S/C16H20.4C2H6/c1-5-13(3)15(6-2)11-12-16-10-8-7-9-14(16)4;4*1-2/h5-10H,1-2,11-12H2,3-4H3;4*1-2H3/b15-13+;;;;. The molecule has 0 spiro atoms. The molecule has 140 valence electrons. The topological polar surface area (TPSA) is 0 Å². The quantitative estimate of drug-likeness (QED) is 0.473. The van der Waals surface area contributed by atoms with Crippen LogP contribution in [0.5, 0.6) is 0 Å². The molecule has 0 aliphatic carbocycles. The normalized spacial score (nSPS) is 8.92. The van der Waals surface area contributed by atoms with Gasteiger partial charge in [0.05, 0.1) is 0 Å². The molecule has 0 unspecified atom stereocenters. The van der Waals surface area contributed by atoms with Crippen molar-refractivity contribution in [3.8, 4) is 0 Å². The Labute approximate surface area is 154 Å². The highest BCUT2D eigenvalue weighted by molar-refractivity contribution is 5.32. The molecule has 1 rings (SSSR count). The number of allylic oxidation sites excluding steroid dienone is 4. The average Bonchev–Trinajstić information content (AvgIpc) is 2.69. The number of benzene rings is 1. The lowest BCUT2D eigenvalue weighted by atomic mass is 9.98. The first-order chi connectivity index (χ1) is 11.7. The van der Waals surface area contributed by atoms with Crippen LogP contribution in [0, 0.1) is 6.92 Å². The van der Waals surface area contributed by atoms with Gasteiger partial charge in [-0.2, -0.15) is 0 Å². The summed E-state index contributed by atoms with van der Waals surface area (Å²) in [5.74, 6) is 0. The SMILES string of the molecule is C=C/C(C)=C(\C=C)CCc1ccccc1C.CC.CC.CC.CC. The summed E-state index contributed by atoms with van der Waals surface area (Å²) in [5, 5.41) is 0. The van der Waals surface area contributed by atoms with Gasteiger partial charge in [0, 0.05) is 0 Å². The molecule has 0 fully saturated rings. The van der Waals surface area contributed by atoms with Crippen molar-refractivity contribution >= 4 is 0 Å². The molecule has 0 atom stereocenters. The maximum atomic E-state index is 3.86. The highest BCUT2D eigenvalue weighted by Gasteiger charge is 2.00. The van der Waals surface area contributed by atoms with Gasteiger partial charge in [0.25, 0.3) is 0 Å². The maximum absolute atomic E-state index is 3.86. The van der Waals surface area contributed by atoms with Gasteiger partial charge in [0.1, 0.15) is 0 Å². The van der Waals surface area contributed by atoms with Crippen molar-refractivity contribution < 1.29 is 0 Å². The molecule has 1 aromatic carbocycles. The third-order valence-corrected chi connectivity index (χ3v) is 2.98. The molecule has 0 aliphatic heterocycles. The Morgan fingerprint density at radius 3 is 1.67 bits per heavy atom. The molecule has 0 radical (unpaired) electrons. The number of rotatable bonds is 5. The lowest BCUT2D eigenvalue weighted by molar-refractivity contribution is 0.945. The van der Waals surface area contributed by atoms with E-state index in [0.29, 0.717) is 0 Å². The van der Waals surface area contributed by atoms with Crippen molar-refractivity contribution in [1.82, 2.24) is 0 Å². The van der Waals surface area contributed by atoms with E-state index in [4.69, 9.17) is 0 Å². The fourth-order valence-electron chi connectivity index (χ4n) is 1.75. The van der Waals surface area contributed by atoms with Crippen LogP contribution in [-0.2, 0) is 6.42 Å². The van der Waals surface area contributed by atoms with Gasteiger partial charge in [-0.05, 0) is 49.0 Å². The third kappa shape index (κ3) is 15.3. The second-order valence-electron chi connectivity index (χ2n) is 4.04. The van der Waals surface area contributed by atoms with Crippen molar-refractivity contribution in [1.29, 1.82) is 0 Å². The van der Waals surface area contributed by atoms with Crippen LogP contribution in [0.15, 0.2) is 60.7 Å². The van der Waals surface area contributed by atoms with Crippen LogP contribution in [-0.4, -0.2) is 0 Å². The zero-order chi connectivity index (χ0) is 20.0. The zero-order valence-corrected chi connectivity index (χ0v) is 18.3. The first-order valence-electron chi connectivity index (χ1n) is 9.68. The molecule has 0 saturated heterocycles. The zero-order valence-electron chi connectivity index (χ0n) is 18.3. The highest BCUT2D eigenvalue weighted by atomic mass is 14.1. The van der Waals surface area contributed by atoms with Crippen LogP contribution in [0.2, 0.25) is 0 Å². The Balaban J connectivity index is -0.000000218. The Bertz CT molecular complexity index is 408. The first-order valence-corrected chi connectivity index (χ1v) is 9.68. The van der Waals surface area contributed by atoms with Gasteiger partial charge in [0.15, 0.2) is 0 Å². The summed E-state index contributed by atoms with van der Waals surface area (Å²) in [6.45, 7) is 27.9. The van der Waals surface area contributed by atoms with E-state index in [1.54, 1.807) is 0 Å². The molecule has 0 aliphatic rings. The summed E-state index contributed by atoms with van der Waals surface area (Å²) in [6.07, 6.45) is 5.94. The number of hydrogen-bond acceptors (Lipinski definition) is 0. The van der Waals surface area contributed by atoms with Gasteiger partial charge < -0.3 is 0 Å². The van der Waals surface area contributed by atoms with Crippen molar-refractivity contribution in [2.24, 2.45) is 0 Å². The molecule has 24 heavy (non-hydrogen) atoms. The fourth-order valence-corrected chi connectivity index (χ4v) is 1.75. The van der Waals surface area contributed by atoms with E-state index in [2.05, 4.69) is 51.3 Å². The molecule has 0 N–H and O–H groups in total. The molecule has 0 bridgehead atoms. The molecular weight excluding hydrogens is 288 g/mol. The van der Waals surface area contributed by atoms with Crippen molar-refractivity contribution in [2.45, 2.75) is 82.1 Å². The smallest absolute Gasteiger partial charge is 0.0236 e. The van der Waals surface area contributed by atoms with Gasteiger partial charge in [0.2, 0.25) is 0 Å². The highest BCUT2D eigenvalue weighted by Crippen LogP contribution is 2.16. The minimum absolute atomic E-state index is 1.03. The monoisotopic (exact) mass is 332 g/mol. The van der Waals surface area contributed by atoms with Gasteiger partial charge in [-0.1, -0.05) is 105 Å². The molecule has 1 aromatic rings. The molecule has 0 heteroatoms. The van der Waals surface area contributed by atoms with Crippen LogP contribution in [0.3, 0.4) is 0 Å². The fraction of sp³-hybridized carbons (Fsp3) is 0.500. The Hall–Kier alpha value is -1.56. The van der Waals surface area contributed by atoms with Crippen molar-refractivity contribution in [3.63, 3.8) is 0 Å². The molecule has 0 aromatic heterocycles. The second kappa shape index (κ2) is 26.3. The van der Waals surface area contributed by atoms with E-state index < -0.39 is 0 Å². The summed E-state index contributed by atoms with van der Waals surface area (Å²) in [6, 6.07) is 8.53. The summed E-state index contributed by atoms with van der Waals surface area (Å²) >= 11 is 0. The average molecular weight is 333 g/mol. The minimum Gasteiger partial charge on any atom is -0.0988 e. The molecule has 0 amide bonds. The Morgan fingerprint density at radius 1 is 0.833 bits per heavy atom. The van der Waals surface area contributed by atoms with Gasteiger partial charge in [-0.3, -0.25) is 0 Å². The van der Waals surface area contributed by atoms with Gasteiger partial charge in [-0.25, -0.2) is 0 Å². The van der Waals surface area contributed by atoms with Crippen LogP contribution in [0.1, 0.15) is 79.9 Å². The Kier molecular flexibility index (Phi) is 33.3. The maximum Gasteiger partial charge on any atom is -0.0236 e. The van der Waals surface area contributed by atoms with Gasteiger partial charge >= 0.3 is 0 Å². The summed E-state index contributed by atoms with van der Waals surface area (Å²) < 4.78 is 0. The predicted molar refractivity (Wildman–Crippen MR) is 118 cm³/mol. The van der Waals surface area contributed by atoms with E-state index >= 15 is 0 Å². The van der Waals surface area contributed by atoms with Crippen molar-refractivity contribution in [2.75, 3.05) is 0 Å². The number of aryl methyl sites for hydroxylation is 2. The second-order valence-corrected chi connectivity index (χ2v) is 4.04. The molecule has 0 heterocycles. The molecule has 0 saturated carbocycles. The third-order valence-electron chi connectivity index (χ3n) is 2.98. The lowest BCUT2D eigenvalue weighted by Gasteiger charge is -2.07. The van der Waals surface area contributed by atoms with Crippen LogP contribution in [0.25, 0.3) is 0 Å². The minimum atomic E-state index is 1.03. The van der Waals surface area contributed by atoms with Crippen LogP contribution >= 0.6 is 0 Å². The van der Waals surface area contributed by atoms with Crippen molar-refractivity contribution in [3.05, 3.63) is 71.8 Å². The predicted octanol–water partition coefficient (Wildman–Crippen LogP) is 8.72. The number of hydrogen-bond donors (Lipinski definition) is 0. The van der Waals surface area contributed by atoms with E-state index in [-0.39, 0.29) is 0 Å². The summed E-state index contributed by atoms with van der Waals surface area (Å²) in [5.41, 5.74) is 5.29. The van der Waals surface area contributed by atoms with E-state index in [1.807, 2.05) is 67.5 Å². The van der Waals surface area contributed by atoms with E-state index in [0.717, 1.165) is 12.8 Å². The lowest BCUT2D eigenvalue weighted by Crippen LogP contribution is -1.92. The van der Waals surface area contributed by atoms with Crippen LogP contribution in [0.4, 0.5) is 0 Å².